The summed E-state index contributed by atoms with van der Waals surface area (Å²) in [6.07, 6.45) is 2.38. The molecule has 2 N–H and O–H groups in total. The summed E-state index contributed by atoms with van der Waals surface area (Å²) in [6, 6.07) is 19.2. The van der Waals surface area contributed by atoms with E-state index < -0.39 is 0 Å². The van der Waals surface area contributed by atoms with Crippen molar-refractivity contribution in [2.75, 3.05) is 23.3 Å². The van der Waals surface area contributed by atoms with E-state index in [9.17, 15) is 0 Å². The molecule has 3 aromatic rings. The van der Waals surface area contributed by atoms with Crippen LogP contribution in [0.5, 0.6) is 0 Å². The van der Waals surface area contributed by atoms with Crippen molar-refractivity contribution in [1.29, 1.82) is 0 Å². The van der Waals surface area contributed by atoms with Crippen molar-refractivity contribution in [2.24, 2.45) is 0 Å². The van der Waals surface area contributed by atoms with E-state index in [-0.39, 0.29) is 0 Å². The smallest absolute Gasteiger partial charge is 0.201 e. The number of fused-ring (bicyclic) bond motifs is 1. The van der Waals surface area contributed by atoms with Gasteiger partial charge in [0.2, 0.25) is 5.95 Å². The number of anilines is 2. The van der Waals surface area contributed by atoms with Gasteiger partial charge in [0.15, 0.2) is 0 Å². The van der Waals surface area contributed by atoms with Gasteiger partial charge in [-0.25, -0.2) is 4.98 Å². The molecular formula is C18H20N4. The van der Waals surface area contributed by atoms with Gasteiger partial charge in [0.1, 0.15) is 0 Å². The predicted octanol–water partition coefficient (Wildman–Crippen LogP) is 3.64. The highest BCUT2D eigenvalue weighted by atomic mass is 15.2. The Morgan fingerprint density at radius 2 is 1.86 bits per heavy atom. The second kappa shape index (κ2) is 5.72. The van der Waals surface area contributed by atoms with Crippen molar-refractivity contribution < 1.29 is 0 Å². The zero-order valence-electron chi connectivity index (χ0n) is 12.5. The van der Waals surface area contributed by atoms with Crippen LogP contribution in [0.15, 0.2) is 54.6 Å². The molecule has 112 valence electrons. The minimum Gasteiger partial charge on any atom is -0.369 e. The number of piperidine rings is 1. The van der Waals surface area contributed by atoms with Crippen molar-refractivity contribution in [1.82, 2.24) is 9.97 Å². The van der Waals surface area contributed by atoms with Crippen LogP contribution in [-0.2, 0) is 0 Å². The molecule has 0 amide bonds. The molecule has 0 radical (unpaired) electrons. The van der Waals surface area contributed by atoms with Gasteiger partial charge in [0.25, 0.3) is 0 Å². The average Bonchev–Trinajstić information content (AvgIpc) is 2.98. The van der Waals surface area contributed by atoms with Crippen molar-refractivity contribution in [3.63, 3.8) is 0 Å². The zero-order chi connectivity index (χ0) is 14.8. The third kappa shape index (κ3) is 2.64. The Balaban J connectivity index is 1.48. The summed E-state index contributed by atoms with van der Waals surface area (Å²) in [5.74, 6) is 0.876. The van der Waals surface area contributed by atoms with Crippen LogP contribution in [0.3, 0.4) is 0 Å². The second-order valence-electron chi connectivity index (χ2n) is 5.87. The van der Waals surface area contributed by atoms with E-state index in [0.717, 1.165) is 30.1 Å². The van der Waals surface area contributed by atoms with Crippen LogP contribution in [0.1, 0.15) is 12.8 Å². The monoisotopic (exact) mass is 292 g/mol. The maximum Gasteiger partial charge on any atom is 0.201 e. The third-order valence-corrected chi connectivity index (χ3v) is 4.27. The van der Waals surface area contributed by atoms with Crippen LogP contribution >= 0.6 is 0 Å². The Kier molecular flexibility index (Phi) is 3.43. The minimum atomic E-state index is 0.425. The lowest BCUT2D eigenvalue weighted by molar-refractivity contribution is 0.528. The Labute approximate surface area is 130 Å². The van der Waals surface area contributed by atoms with Crippen LogP contribution in [0.25, 0.3) is 11.0 Å². The molecule has 4 rings (SSSR count). The topological polar surface area (TPSA) is 44.0 Å². The van der Waals surface area contributed by atoms with E-state index in [2.05, 4.69) is 56.6 Å². The number of nitrogens with one attached hydrogen (secondary N) is 2. The average molecular weight is 292 g/mol. The highest BCUT2D eigenvalue weighted by molar-refractivity contribution is 5.77. The first-order valence-corrected chi connectivity index (χ1v) is 7.90. The quantitative estimate of drug-likeness (QED) is 0.774. The molecule has 1 saturated heterocycles. The predicted molar refractivity (Wildman–Crippen MR) is 91.4 cm³/mol. The molecule has 2 aromatic carbocycles. The molecule has 0 spiro atoms. The number of H-pyrrole nitrogens is 1. The molecule has 1 aliphatic heterocycles. The fourth-order valence-corrected chi connectivity index (χ4v) is 3.18. The first-order chi connectivity index (χ1) is 10.9. The van der Waals surface area contributed by atoms with Crippen LogP contribution in [0, 0.1) is 0 Å². The maximum atomic E-state index is 4.62. The molecule has 0 bridgehead atoms. The first-order valence-electron chi connectivity index (χ1n) is 7.90. The van der Waals surface area contributed by atoms with Crippen LogP contribution in [0.4, 0.5) is 11.6 Å². The molecule has 0 saturated carbocycles. The van der Waals surface area contributed by atoms with Crippen molar-refractivity contribution >= 4 is 22.7 Å². The standard InChI is InChI=1S/C18H20N4/c1-2-8-15(9-3-1)22-12-6-7-14(13-22)19-18-20-16-10-4-5-11-17(16)21-18/h1-5,8-11,14H,6-7,12-13H2,(H2,19,20,21). The van der Waals surface area contributed by atoms with Gasteiger partial charge in [-0.2, -0.15) is 0 Å². The highest BCUT2D eigenvalue weighted by Crippen LogP contribution is 2.22. The van der Waals surface area contributed by atoms with E-state index in [1.54, 1.807) is 0 Å². The molecule has 4 nitrogen and oxygen atoms in total. The van der Waals surface area contributed by atoms with Crippen molar-refractivity contribution in [3.05, 3.63) is 54.6 Å². The maximum absolute atomic E-state index is 4.62. The lowest BCUT2D eigenvalue weighted by Gasteiger charge is -2.34. The normalized spacial score (nSPS) is 18.5. The number of hydrogen-bond donors (Lipinski definition) is 2. The van der Waals surface area contributed by atoms with Gasteiger partial charge in [-0.1, -0.05) is 30.3 Å². The zero-order valence-corrected chi connectivity index (χ0v) is 12.5. The Bertz CT molecular complexity index is 717. The van der Waals surface area contributed by atoms with Crippen LogP contribution < -0.4 is 10.2 Å². The van der Waals surface area contributed by atoms with E-state index in [4.69, 9.17) is 0 Å². The summed E-state index contributed by atoms with van der Waals surface area (Å²) in [6.45, 7) is 2.14. The molecule has 1 aromatic heterocycles. The van der Waals surface area contributed by atoms with E-state index in [0.29, 0.717) is 6.04 Å². The van der Waals surface area contributed by atoms with Gasteiger partial charge >= 0.3 is 0 Å². The minimum absolute atomic E-state index is 0.425. The molecule has 1 atom stereocenters. The fraction of sp³-hybridized carbons (Fsp3) is 0.278. The third-order valence-electron chi connectivity index (χ3n) is 4.27. The lowest BCUT2D eigenvalue weighted by atomic mass is 10.1. The lowest BCUT2D eigenvalue weighted by Crippen LogP contribution is -2.42. The first kappa shape index (κ1) is 13.2. The summed E-state index contributed by atoms with van der Waals surface area (Å²) in [4.78, 5) is 10.4. The van der Waals surface area contributed by atoms with Crippen LogP contribution in [0.2, 0.25) is 0 Å². The van der Waals surface area contributed by atoms with Crippen molar-refractivity contribution in [3.8, 4) is 0 Å². The molecule has 4 heteroatoms. The molecule has 1 unspecified atom stereocenters. The molecule has 0 aliphatic carbocycles. The largest absolute Gasteiger partial charge is 0.369 e. The Morgan fingerprint density at radius 3 is 2.73 bits per heavy atom. The van der Waals surface area contributed by atoms with Gasteiger partial charge in [0, 0.05) is 24.8 Å². The van der Waals surface area contributed by atoms with E-state index >= 15 is 0 Å². The summed E-state index contributed by atoms with van der Waals surface area (Å²) >= 11 is 0. The summed E-state index contributed by atoms with van der Waals surface area (Å²) in [5.41, 5.74) is 3.40. The van der Waals surface area contributed by atoms with Gasteiger partial charge < -0.3 is 15.2 Å². The number of aromatic amines is 1. The van der Waals surface area contributed by atoms with Gasteiger partial charge in [-0.05, 0) is 37.1 Å². The summed E-state index contributed by atoms with van der Waals surface area (Å²) in [7, 11) is 0. The van der Waals surface area contributed by atoms with E-state index in [1.807, 2.05) is 18.2 Å². The molecule has 1 aliphatic rings. The number of aromatic nitrogens is 2. The SMILES string of the molecule is c1ccc(N2CCCC(Nc3nc4ccccc4[nH]3)C2)cc1. The number of rotatable bonds is 3. The molecule has 1 fully saturated rings. The Hall–Kier alpha value is -2.49. The van der Waals surface area contributed by atoms with Gasteiger partial charge in [0.05, 0.1) is 11.0 Å². The number of benzene rings is 2. The number of nitrogens with zero attached hydrogens (tertiary/aromatic N) is 2. The number of imidazole rings is 1. The summed E-state index contributed by atoms with van der Waals surface area (Å²) < 4.78 is 0. The second-order valence-corrected chi connectivity index (χ2v) is 5.87. The van der Waals surface area contributed by atoms with Crippen molar-refractivity contribution in [2.45, 2.75) is 18.9 Å². The Morgan fingerprint density at radius 1 is 1.05 bits per heavy atom. The van der Waals surface area contributed by atoms with Crippen LogP contribution in [-0.4, -0.2) is 29.1 Å². The highest BCUT2D eigenvalue weighted by Gasteiger charge is 2.20. The fourth-order valence-electron chi connectivity index (χ4n) is 3.18. The van der Waals surface area contributed by atoms with E-state index in [1.165, 1.54) is 18.5 Å². The molecular weight excluding hydrogens is 272 g/mol. The molecule has 22 heavy (non-hydrogen) atoms. The summed E-state index contributed by atoms with van der Waals surface area (Å²) in [5, 5.41) is 3.56. The molecule has 2 heterocycles. The number of hydrogen-bond acceptors (Lipinski definition) is 3. The number of para-hydroxylation sites is 3. The van der Waals surface area contributed by atoms with Gasteiger partial charge in [-0.3, -0.25) is 0 Å². The van der Waals surface area contributed by atoms with Gasteiger partial charge in [-0.15, -0.1) is 0 Å².